The maximum Gasteiger partial charge on any atom is 0.144 e. The van der Waals surface area contributed by atoms with Crippen LogP contribution in [0.4, 0.5) is 5.82 Å². The molecule has 0 aliphatic heterocycles. The van der Waals surface area contributed by atoms with E-state index in [2.05, 4.69) is 47.0 Å². The van der Waals surface area contributed by atoms with E-state index in [0.29, 0.717) is 5.92 Å². The summed E-state index contributed by atoms with van der Waals surface area (Å²) in [5, 5.41) is 3.14. The number of aromatic nitrogens is 2. The molecular weight excluding hydrogens is 278 g/mol. The lowest BCUT2D eigenvalue weighted by Gasteiger charge is -2.15. The summed E-state index contributed by atoms with van der Waals surface area (Å²) < 4.78 is 1.01. The molecule has 0 spiro atoms. The molecule has 0 atom stereocenters. The SMILES string of the molecule is CCCc1nc(C(CC)CC)nc(NC)c1Br. The fourth-order valence-corrected chi connectivity index (χ4v) is 2.49. The van der Waals surface area contributed by atoms with Gasteiger partial charge in [-0.1, -0.05) is 27.2 Å². The number of hydrogen-bond donors (Lipinski definition) is 1. The minimum absolute atomic E-state index is 0.464. The summed E-state index contributed by atoms with van der Waals surface area (Å²) in [4.78, 5) is 9.32. The number of rotatable bonds is 6. The molecule has 0 saturated carbocycles. The molecule has 3 nitrogen and oxygen atoms in total. The zero-order chi connectivity index (χ0) is 12.8. The van der Waals surface area contributed by atoms with Gasteiger partial charge in [-0.25, -0.2) is 9.97 Å². The first-order chi connectivity index (χ1) is 8.17. The molecular formula is C13H22BrN3. The van der Waals surface area contributed by atoms with Gasteiger partial charge in [-0.15, -0.1) is 0 Å². The van der Waals surface area contributed by atoms with E-state index in [9.17, 15) is 0 Å². The van der Waals surface area contributed by atoms with E-state index in [4.69, 9.17) is 4.98 Å². The summed E-state index contributed by atoms with van der Waals surface area (Å²) in [6.45, 7) is 6.56. The first-order valence-corrected chi connectivity index (χ1v) is 7.21. The van der Waals surface area contributed by atoms with Crippen molar-refractivity contribution in [3.8, 4) is 0 Å². The van der Waals surface area contributed by atoms with E-state index in [1.165, 1.54) is 0 Å². The average Bonchev–Trinajstić information content (AvgIpc) is 2.34. The van der Waals surface area contributed by atoms with Crippen LogP contribution in [0.3, 0.4) is 0 Å². The van der Waals surface area contributed by atoms with E-state index < -0.39 is 0 Å². The number of aryl methyl sites for hydroxylation is 1. The normalized spacial score (nSPS) is 10.9. The molecule has 4 heteroatoms. The topological polar surface area (TPSA) is 37.8 Å². The van der Waals surface area contributed by atoms with Gasteiger partial charge in [0.2, 0.25) is 0 Å². The quantitative estimate of drug-likeness (QED) is 0.858. The van der Waals surface area contributed by atoms with Crippen LogP contribution in [0, 0.1) is 0 Å². The van der Waals surface area contributed by atoms with Crippen molar-refractivity contribution in [2.24, 2.45) is 0 Å². The van der Waals surface area contributed by atoms with Crippen LogP contribution in [0.25, 0.3) is 0 Å². The highest BCUT2D eigenvalue weighted by Gasteiger charge is 2.16. The maximum atomic E-state index is 4.71. The molecule has 1 heterocycles. The lowest BCUT2D eigenvalue weighted by atomic mass is 10.0. The van der Waals surface area contributed by atoms with E-state index in [0.717, 1.165) is 47.5 Å². The van der Waals surface area contributed by atoms with Gasteiger partial charge < -0.3 is 5.32 Å². The summed E-state index contributed by atoms with van der Waals surface area (Å²) >= 11 is 3.58. The molecule has 0 amide bonds. The summed E-state index contributed by atoms with van der Waals surface area (Å²) in [6.07, 6.45) is 4.27. The van der Waals surface area contributed by atoms with Crippen molar-refractivity contribution in [2.45, 2.75) is 52.4 Å². The van der Waals surface area contributed by atoms with Crippen LogP contribution in [0.5, 0.6) is 0 Å². The van der Waals surface area contributed by atoms with Gasteiger partial charge in [0.25, 0.3) is 0 Å². The smallest absolute Gasteiger partial charge is 0.144 e. The standard InChI is InChI=1S/C13H22BrN3/c1-5-8-10-11(14)13(15-4)17-12(16-10)9(6-2)7-3/h9H,5-8H2,1-4H3,(H,15,16,17). The second-order valence-corrected chi connectivity index (χ2v) is 5.00. The van der Waals surface area contributed by atoms with Crippen molar-refractivity contribution >= 4 is 21.7 Å². The Bertz CT molecular complexity index is 362. The number of hydrogen-bond acceptors (Lipinski definition) is 3. The fraction of sp³-hybridized carbons (Fsp3) is 0.692. The predicted molar refractivity (Wildman–Crippen MR) is 76.6 cm³/mol. The number of nitrogens with zero attached hydrogens (tertiary/aromatic N) is 2. The molecule has 0 radical (unpaired) electrons. The van der Waals surface area contributed by atoms with Crippen LogP contribution >= 0.6 is 15.9 Å². The molecule has 1 aromatic heterocycles. The zero-order valence-electron chi connectivity index (χ0n) is 11.2. The van der Waals surface area contributed by atoms with Gasteiger partial charge in [0.05, 0.1) is 10.2 Å². The van der Waals surface area contributed by atoms with Crippen molar-refractivity contribution in [3.05, 3.63) is 16.0 Å². The first-order valence-electron chi connectivity index (χ1n) is 6.41. The van der Waals surface area contributed by atoms with Crippen molar-refractivity contribution in [3.63, 3.8) is 0 Å². The zero-order valence-corrected chi connectivity index (χ0v) is 12.8. The number of anilines is 1. The average molecular weight is 300 g/mol. The third-order valence-corrected chi connectivity index (χ3v) is 3.84. The van der Waals surface area contributed by atoms with Crippen LogP contribution in [0.1, 0.15) is 57.5 Å². The Morgan fingerprint density at radius 1 is 1.18 bits per heavy atom. The first kappa shape index (κ1) is 14.4. The van der Waals surface area contributed by atoms with Gasteiger partial charge in [0, 0.05) is 13.0 Å². The van der Waals surface area contributed by atoms with Crippen molar-refractivity contribution in [2.75, 3.05) is 12.4 Å². The fourth-order valence-electron chi connectivity index (χ4n) is 1.92. The molecule has 0 saturated heterocycles. The molecule has 1 N–H and O–H groups in total. The number of halogens is 1. The van der Waals surface area contributed by atoms with Crippen molar-refractivity contribution < 1.29 is 0 Å². The molecule has 0 fully saturated rings. The highest BCUT2D eigenvalue weighted by Crippen LogP contribution is 2.28. The van der Waals surface area contributed by atoms with E-state index in [1.54, 1.807) is 0 Å². The number of nitrogens with one attached hydrogen (secondary N) is 1. The highest BCUT2D eigenvalue weighted by molar-refractivity contribution is 9.10. The molecule has 0 bridgehead atoms. The van der Waals surface area contributed by atoms with Crippen LogP contribution in [0.15, 0.2) is 4.47 Å². The minimum atomic E-state index is 0.464. The molecule has 96 valence electrons. The van der Waals surface area contributed by atoms with Gasteiger partial charge in [-0.05, 0) is 35.2 Å². The van der Waals surface area contributed by atoms with Gasteiger partial charge in [-0.3, -0.25) is 0 Å². The minimum Gasteiger partial charge on any atom is -0.372 e. The van der Waals surface area contributed by atoms with Crippen molar-refractivity contribution in [1.82, 2.24) is 9.97 Å². The summed E-state index contributed by atoms with van der Waals surface area (Å²) in [5.74, 6) is 2.35. The Balaban J connectivity index is 3.18. The molecule has 1 rings (SSSR count). The Labute approximate surface area is 113 Å². The molecule has 17 heavy (non-hydrogen) atoms. The highest BCUT2D eigenvalue weighted by atomic mass is 79.9. The van der Waals surface area contributed by atoms with Gasteiger partial charge in [0.1, 0.15) is 11.6 Å². The second kappa shape index (κ2) is 6.94. The monoisotopic (exact) mass is 299 g/mol. The molecule has 0 aromatic carbocycles. The van der Waals surface area contributed by atoms with Crippen LogP contribution in [0.2, 0.25) is 0 Å². The Hall–Kier alpha value is -0.640. The van der Waals surface area contributed by atoms with Gasteiger partial charge >= 0.3 is 0 Å². The molecule has 0 unspecified atom stereocenters. The van der Waals surface area contributed by atoms with Crippen molar-refractivity contribution in [1.29, 1.82) is 0 Å². The van der Waals surface area contributed by atoms with E-state index in [1.807, 2.05) is 7.05 Å². The summed E-state index contributed by atoms with van der Waals surface area (Å²) in [7, 11) is 1.90. The third-order valence-electron chi connectivity index (χ3n) is 3.01. The lowest BCUT2D eigenvalue weighted by Crippen LogP contribution is -2.09. The maximum absolute atomic E-state index is 4.71. The van der Waals surface area contributed by atoms with E-state index in [-0.39, 0.29) is 0 Å². The lowest BCUT2D eigenvalue weighted by molar-refractivity contribution is 0.596. The Kier molecular flexibility index (Phi) is 5.89. The predicted octanol–water partition coefficient (Wildman–Crippen LogP) is 4.14. The largest absolute Gasteiger partial charge is 0.372 e. The Morgan fingerprint density at radius 3 is 2.29 bits per heavy atom. The van der Waals surface area contributed by atoms with Crippen LogP contribution in [-0.2, 0) is 6.42 Å². The Morgan fingerprint density at radius 2 is 1.82 bits per heavy atom. The molecule has 0 aliphatic carbocycles. The summed E-state index contributed by atoms with van der Waals surface area (Å²) in [5.41, 5.74) is 1.12. The van der Waals surface area contributed by atoms with Crippen LogP contribution < -0.4 is 5.32 Å². The van der Waals surface area contributed by atoms with E-state index >= 15 is 0 Å². The van der Waals surface area contributed by atoms with Crippen LogP contribution in [-0.4, -0.2) is 17.0 Å². The summed E-state index contributed by atoms with van der Waals surface area (Å²) in [6, 6.07) is 0. The van der Waals surface area contributed by atoms with Gasteiger partial charge in [0.15, 0.2) is 0 Å². The second-order valence-electron chi connectivity index (χ2n) is 4.20. The van der Waals surface area contributed by atoms with Gasteiger partial charge in [-0.2, -0.15) is 0 Å². The third kappa shape index (κ3) is 3.41. The molecule has 0 aliphatic rings. The molecule has 1 aromatic rings.